The normalized spacial score (nSPS) is 51.9. The van der Waals surface area contributed by atoms with Crippen molar-refractivity contribution in [2.45, 2.75) is 59.5 Å². The van der Waals surface area contributed by atoms with Crippen LogP contribution < -0.4 is 11.5 Å². The van der Waals surface area contributed by atoms with Crippen LogP contribution in [0.4, 0.5) is 70.2 Å². The lowest BCUT2D eigenvalue weighted by atomic mass is 9.51. The smallest absolute Gasteiger partial charge is 0.289 e. The Morgan fingerprint density at radius 1 is 0.375 bits per heavy atom. The van der Waals surface area contributed by atoms with Crippen LogP contribution in [0.25, 0.3) is 0 Å². The van der Waals surface area contributed by atoms with Gasteiger partial charge in [0.25, 0.3) is 11.6 Å². The van der Waals surface area contributed by atoms with Gasteiger partial charge in [-0.1, -0.05) is 0 Å². The van der Waals surface area contributed by atoms with Gasteiger partial charge in [0.05, 0.1) is 23.7 Å². The van der Waals surface area contributed by atoms with Gasteiger partial charge in [0.15, 0.2) is 0 Å². The quantitative estimate of drug-likeness (QED) is 0.379. The van der Waals surface area contributed by atoms with Gasteiger partial charge in [0.2, 0.25) is 0 Å². The summed E-state index contributed by atoms with van der Waals surface area (Å²) in [5.74, 6) is -70.8. The lowest BCUT2D eigenvalue weighted by Gasteiger charge is -2.62. The lowest BCUT2D eigenvalue weighted by molar-refractivity contribution is -0.446. The largest absolute Gasteiger partial charge is 0.362 e. The Kier molecular flexibility index (Phi) is 4.68. The van der Waals surface area contributed by atoms with Gasteiger partial charge < -0.3 is 0 Å². The molecule has 188 valence electrons. The molecule has 32 heavy (non-hydrogen) atoms. The highest BCUT2D eigenvalue weighted by molar-refractivity contribution is 5.28. The highest BCUT2D eigenvalue weighted by Crippen LogP contribution is 2.72. The summed E-state index contributed by atoms with van der Waals surface area (Å²) in [6, 6.07) is 0. The summed E-state index contributed by atoms with van der Waals surface area (Å²) in [6.45, 7) is 0. The predicted octanol–water partition coefficient (Wildman–Crippen LogP) is 4.23. The van der Waals surface area contributed by atoms with E-state index in [1.165, 1.54) is 0 Å². The van der Waals surface area contributed by atoms with E-state index in [1.807, 2.05) is 0 Å². The summed E-state index contributed by atoms with van der Waals surface area (Å²) in [6.07, 6.45) is -9.65. The van der Waals surface area contributed by atoms with Crippen molar-refractivity contribution in [2.75, 3.05) is 0 Å². The second-order valence-electron chi connectivity index (χ2n) is 8.06. The molecular formula is C14H10F16N2. The van der Waals surface area contributed by atoms with Gasteiger partial charge in [-0.3, -0.25) is 11.5 Å². The number of nitrogens with two attached hydrogens (primary N) is 2. The Labute approximate surface area is 166 Å². The first-order valence-electron chi connectivity index (χ1n) is 8.31. The van der Waals surface area contributed by atoms with E-state index in [2.05, 4.69) is 11.5 Å². The minimum absolute atomic E-state index is 3.91. The molecule has 8 unspecified atom stereocenters. The van der Waals surface area contributed by atoms with Crippen molar-refractivity contribution in [3.05, 3.63) is 0 Å². The Morgan fingerprint density at radius 3 is 0.781 bits per heavy atom. The average molecular weight is 510 g/mol. The monoisotopic (exact) mass is 510 g/mol. The molecule has 0 aromatic rings. The van der Waals surface area contributed by atoms with Crippen LogP contribution in [0.5, 0.6) is 0 Å². The molecule has 0 saturated heterocycles. The summed E-state index contributed by atoms with van der Waals surface area (Å²) < 4.78 is 227. The van der Waals surface area contributed by atoms with E-state index >= 15 is 0 Å². The lowest BCUT2D eigenvalue weighted by Crippen LogP contribution is -2.87. The number of halogens is 16. The minimum atomic E-state index is -6.81. The third kappa shape index (κ3) is 2.19. The Bertz CT molecular complexity index is 677. The third-order valence-electron chi connectivity index (χ3n) is 6.54. The Balaban J connectivity index is 2.36. The molecule has 3 saturated carbocycles. The maximum absolute atomic E-state index is 14.7. The molecule has 0 aliphatic heterocycles. The van der Waals surface area contributed by atoms with Crippen molar-refractivity contribution in [3.63, 3.8) is 0 Å². The summed E-state index contributed by atoms with van der Waals surface area (Å²) in [5, 5.41) is 0. The SMILES string of the molecule is NC1(F)C(F)(F)C2C(F)C3C(C(F)C2C(F)(F)C1(F)F)C(F)(F)C(N)(F)C(F)(F)C3(F)F. The van der Waals surface area contributed by atoms with Crippen LogP contribution in [0.15, 0.2) is 0 Å². The molecule has 2 nitrogen and oxygen atoms in total. The average Bonchev–Trinajstić information content (AvgIpc) is 2.58. The zero-order chi connectivity index (χ0) is 25.5. The summed E-state index contributed by atoms with van der Waals surface area (Å²) >= 11 is 0. The van der Waals surface area contributed by atoms with E-state index in [1.54, 1.807) is 0 Å². The first-order chi connectivity index (χ1) is 13.8. The number of alkyl halides is 16. The van der Waals surface area contributed by atoms with E-state index in [4.69, 9.17) is 0 Å². The molecular weight excluding hydrogens is 500 g/mol. The van der Waals surface area contributed by atoms with Crippen LogP contribution in [0.3, 0.4) is 0 Å². The molecule has 0 aromatic heterocycles. The fourth-order valence-corrected chi connectivity index (χ4v) is 4.75. The summed E-state index contributed by atoms with van der Waals surface area (Å²) in [4.78, 5) is 0. The third-order valence-corrected chi connectivity index (χ3v) is 6.54. The number of hydrogen-bond donors (Lipinski definition) is 2. The fourth-order valence-electron chi connectivity index (χ4n) is 4.75. The molecule has 3 aliphatic carbocycles. The molecule has 0 spiro atoms. The Morgan fingerprint density at radius 2 is 0.562 bits per heavy atom. The molecule has 0 heterocycles. The number of hydrogen-bond acceptors (Lipinski definition) is 2. The second kappa shape index (κ2) is 5.89. The van der Waals surface area contributed by atoms with E-state index < -0.39 is 83.1 Å². The van der Waals surface area contributed by atoms with E-state index in [0.717, 1.165) is 0 Å². The van der Waals surface area contributed by atoms with Gasteiger partial charge in [0.1, 0.15) is 12.3 Å². The summed E-state index contributed by atoms with van der Waals surface area (Å²) in [7, 11) is 0. The molecule has 18 heteroatoms. The highest BCUT2D eigenvalue weighted by Gasteiger charge is 2.95. The molecule has 0 aromatic carbocycles. The highest BCUT2D eigenvalue weighted by atomic mass is 19.3. The van der Waals surface area contributed by atoms with Crippen molar-refractivity contribution in [1.29, 1.82) is 0 Å². The van der Waals surface area contributed by atoms with Crippen molar-refractivity contribution >= 4 is 0 Å². The van der Waals surface area contributed by atoms with Gasteiger partial charge in [-0.25, -0.2) is 35.1 Å². The standard InChI is InChI=1S/C14H10F16N2/c15-5-1-3(9(21,22)13(29,31)11(25,26)7(1,17)18)6(16)2-4(5)10(23,24)14(30,32)12(27,28)8(2,19)20/h1-6H,31-32H2. The van der Waals surface area contributed by atoms with Crippen molar-refractivity contribution in [3.8, 4) is 0 Å². The zero-order valence-corrected chi connectivity index (χ0v) is 14.7. The van der Waals surface area contributed by atoms with Crippen LogP contribution in [0.2, 0.25) is 0 Å². The summed E-state index contributed by atoms with van der Waals surface area (Å²) in [5.41, 5.74) is 7.82. The topological polar surface area (TPSA) is 52.0 Å². The van der Waals surface area contributed by atoms with Crippen LogP contribution >= 0.6 is 0 Å². The van der Waals surface area contributed by atoms with Gasteiger partial charge in [-0.2, -0.15) is 35.1 Å². The van der Waals surface area contributed by atoms with Crippen molar-refractivity contribution in [2.24, 2.45) is 35.1 Å². The molecule has 3 rings (SSSR count). The van der Waals surface area contributed by atoms with E-state index in [0.29, 0.717) is 0 Å². The zero-order valence-electron chi connectivity index (χ0n) is 14.7. The second-order valence-corrected chi connectivity index (χ2v) is 8.06. The van der Waals surface area contributed by atoms with Crippen LogP contribution in [0.1, 0.15) is 0 Å². The van der Waals surface area contributed by atoms with Crippen molar-refractivity contribution in [1.82, 2.24) is 0 Å². The van der Waals surface area contributed by atoms with Gasteiger partial charge in [-0.05, 0) is 0 Å². The first kappa shape index (κ1) is 25.4. The number of fused-ring (bicyclic) bond motifs is 2. The molecule has 0 radical (unpaired) electrons. The van der Waals surface area contributed by atoms with Gasteiger partial charge in [0, 0.05) is 0 Å². The number of rotatable bonds is 0. The predicted molar refractivity (Wildman–Crippen MR) is 69.5 cm³/mol. The van der Waals surface area contributed by atoms with Crippen molar-refractivity contribution < 1.29 is 70.2 Å². The van der Waals surface area contributed by atoms with Crippen LogP contribution in [0, 0.1) is 23.7 Å². The van der Waals surface area contributed by atoms with Crippen LogP contribution in [-0.4, -0.2) is 59.5 Å². The fraction of sp³-hybridized carbons (Fsp3) is 1.00. The van der Waals surface area contributed by atoms with Gasteiger partial charge >= 0.3 is 35.5 Å². The molecule has 0 bridgehead atoms. The van der Waals surface area contributed by atoms with Crippen LogP contribution in [-0.2, 0) is 0 Å². The molecule has 0 amide bonds. The first-order valence-corrected chi connectivity index (χ1v) is 8.31. The van der Waals surface area contributed by atoms with E-state index in [9.17, 15) is 70.2 Å². The Hall–Kier alpha value is -1.20. The molecule has 4 N–H and O–H groups in total. The maximum Gasteiger partial charge on any atom is 0.362 e. The minimum Gasteiger partial charge on any atom is -0.289 e. The van der Waals surface area contributed by atoms with E-state index in [-0.39, 0.29) is 0 Å². The molecule has 3 aliphatic rings. The van der Waals surface area contributed by atoms with Gasteiger partial charge in [-0.15, -0.1) is 0 Å². The molecule has 3 fully saturated rings. The maximum atomic E-state index is 14.7. The molecule has 8 atom stereocenters.